The topological polar surface area (TPSA) is 29.3 Å². The Morgan fingerprint density at radius 1 is 1.20 bits per heavy atom. The van der Waals surface area contributed by atoms with E-state index >= 15 is 0 Å². The van der Waals surface area contributed by atoms with Crippen molar-refractivity contribution in [3.05, 3.63) is 29.3 Å². The maximum atomic E-state index is 6.10. The van der Waals surface area contributed by atoms with Gasteiger partial charge in [0.1, 0.15) is 0 Å². The molecule has 1 aliphatic carbocycles. The van der Waals surface area contributed by atoms with Crippen LogP contribution in [0, 0.1) is 0 Å². The normalized spacial score (nSPS) is 15.2. The fraction of sp³-hybridized carbons (Fsp3) is 0.538. The molecule has 15 heavy (non-hydrogen) atoms. The van der Waals surface area contributed by atoms with E-state index in [-0.39, 0.29) is 0 Å². The number of nitrogens with two attached hydrogens (primary N) is 1. The van der Waals surface area contributed by atoms with Gasteiger partial charge in [0.15, 0.2) is 0 Å². The average Bonchev–Trinajstić information content (AvgIpc) is 2.27. The van der Waals surface area contributed by atoms with Gasteiger partial charge in [-0.05, 0) is 56.7 Å². The fourth-order valence-corrected chi connectivity index (χ4v) is 2.28. The highest BCUT2D eigenvalue weighted by molar-refractivity contribution is 5.57. The third-order valence-electron chi connectivity index (χ3n) is 3.21. The van der Waals surface area contributed by atoms with Crippen LogP contribution in [0.5, 0.6) is 0 Å². The highest BCUT2D eigenvalue weighted by Crippen LogP contribution is 2.29. The number of hydrazine groups is 1. The second-order valence-electron chi connectivity index (χ2n) is 4.62. The Bertz CT molecular complexity index is 344. The van der Waals surface area contributed by atoms with Crippen LogP contribution >= 0.6 is 0 Å². The smallest absolute Gasteiger partial charge is 0.0554 e. The Hall–Kier alpha value is -1.02. The summed E-state index contributed by atoms with van der Waals surface area (Å²) in [6, 6.07) is 6.87. The number of aryl methyl sites for hydroxylation is 1. The lowest BCUT2D eigenvalue weighted by atomic mass is 9.90. The van der Waals surface area contributed by atoms with Crippen LogP contribution in [-0.2, 0) is 12.8 Å². The quantitative estimate of drug-likeness (QED) is 0.593. The van der Waals surface area contributed by atoms with Gasteiger partial charge in [-0.15, -0.1) is 0 Å². The molecule has 2 N–H and O–H groups in total. The summed E-state index contributed by atoms with van der Waals surface area (Å²) in [5.41, 5.74) is 4.19. The van der Waals surface area contributed by atoms with E-state index in [2.05, 4.69) is 32.0 Å². The number of hydrogen-bond acceptors (Lipinski definition) is 2. The monoisotopic (exact) mass is 204 g/mol. The Morgan fingerprint density at radius 2 is 1.93 bits per heavy atom. The first-order valence-electron chi connectivity index (χ1n) is 5.85. The minimum atomic E-state index is 0.360. The lowest BCUT2D eigenvalue weighted by Gasteiger charge is -2.28. The van der Waals surface area contributed by atoms with Gasteiger partial charge < -0.3 is 5.01 Å². The molecule has 0 saturated carbocycles. The van der Waals surface area contributed by atoms with Gasteiger partial charge in [0.25, 0.3) is 0 Å². The SMILES string of the molecule is CC(C)N(N)c1cccc2c1CCCC2. The average molecular weight is 204 g/mol. The summed E-state index contributed by atoms with van der Waals surface area (Å²) in [5, 5.41) is 1.89. The van der Waals surface area contributed by atoms with Crippen LogP contribution in [0.25, 0.3) is 0 Å². The van der Waals surface area contributed by atoms with Gasteiger partial charge in [-0.1, -0.05) is 12.1 Å². The van der Waals surface area contributed by atoms with E-state index in [4.69, 9.17) is 5.84 Å². The van der Waals surface area contributed by atoms with E-state index in [9.17, 15) is 0 Å². The highest BCUT2D eigenvalue weighted by atomic mass is 15.4. The van der Waals surface area contributed by atoms with Crippen LogP contribution in [0.2, 0.25) is 0 Å². The van der Waals surface area contributed by atoms with Gasteiger partial charge in [-0.2, -0.15) is 0 Å². The summed E-state index contributed by atoms with van der Waals surface area (Å²) in [4.78, 5) is 0. The molecule has 2 nitrogen and oxygen atoms in total. The minimum Gasteiger partial charge on any atom is -0.308 e. The van der Waals surface area contributed by atoms with Gasteiger partial charge in [0.2, 0.25) is 0 Å². The summed E-state index contributed by atoms with van der Waals surface area (Å²) in [6.07, 6.45) is 5.03. The van der Waals surface area contributed by atoms with E-state index in [1.807, 2.05) is 5.01 Å². The molecule has 0 amide bonds. The molecule has 2 rings (SSSR count). The van der Waals surface area contributed by atoms with E-state index < -0.39 is 0 Å². The van der Waals surface area contributed by atoms with Gasteiger partial charge in [-0.25, -0.2) is 5.84 Å². The highest BCUT2D eigenvalue weighted by Gasteiger charge is 2.16. The van der Waals surface area contributed by atoms with Crippen molar-refractivity contribution in [2.75, 3.05) is 5.01 Å². The van der Waals surface area contributed by atoms with Crippen molar-refractivity contribution in [2.24, 2.45) is 5.84 Å². The molecule has 0 radical (unpaired) electrons. The van der Waals surface area contributed by atoms with Gasteiger partial charge in [0, 0.05) is 6.04 Å². The number of fused-ring (bicyclic) bond motifs is 1. The molecule has 82 valence electrons. The Morgan fingerprint density at radius 3 is 2.67 bits per heavy atom. The summed E-state index contributed by atoms with van der Waals surface area (Å²) in [7, 11) is 0. The molecule has 0 saturated heterocycles. The molecule has 0 heterocycles. The maximum absolute atomic E-state index is 6.10. The fourth-order valence-electron chi connectivity index (χ4n) is 2.28. The maximum Gasteiger partial charge on any atom is 0.0554 e. The molecule has 1 aliphatic rings. The standard InChI is InChI=1S/C13H20N2/c1-10(2)15(14)13-9-5-7-11-6-3-4-8-12(11)13/h5,7,9-10H,3-4,6,8,14H2,1-2H3. The first-order chi connectivity index (χ1) is 7.20. The van der Waals surface area contributed by atoms with E-state index in [0.29, 0.717) is 6.04 Å². The number of rotatable bonds is 2. The number of anilines is 1. The summed E-state index contributed by atoms with van der Waals surface area (Å²) < 4.78 is 0. The van der Waals surface area contributed by atoms with Crippen LogP contribution in [0.15, 0.2) is 18.2 Å². The van der Waals surface area contributed by atoms with Crippen LogP contribution in [0.3, 0.4) is 0 Å². The van der Waals surface area contributed by atoms with Crippen molar-refractivity contribution in [3.8, 4) is 0 Å². The molecule has 0 aromatic heterocycles. The molecule has 2 heteroatoms. The molecule has 0 unspecified atom stereocenters. The van der Waals surface area contributed by atoms with E-state index in [1.165, 1.54) is 42.5 Å². The molecule has 0 fully saturated rings. The molecule has 0 spiro atoms. The Balaban J connectivity index is 2.39. The van der Waals surface area contributed by atoms with Crippen molar-refractivity contribution in [1.82, 2.24) is 0 Å². The van der Waals surface area contributed by atoms with Crippen LogP contribution in [-0.4, -0.2) is 6.04 Å². The van der Waals surface area contributed by atoms with Gasteiger partial charge in [-0.3, -0.25) is 0 Å². The summed E-state index contributed by atoms with van der Waals surface area (Å²) in [5.74, 6) is 6.10. The molecule has 1 aromatic rings. The van der Waals surface area contributed by atoms with Crippen molar-refractivity contribution >= 4 is 5.69 Å². The lowest BCUT2D eigenvalue weighted by molar-refractivity contribution is 0.664. The van der Waals surface area contributed by atoms with E-state index in [0.717, 1.165) is 0 Å². The lowest BCUT2D eigenvalue weighted by Crippen LogP contribution is -2.38. The minimum absolute atomic E-state index is 0.360. The zero-order chi connectivity index (χ0) is 10.8. The van der Waals surface area contributed by atoms with Gasteiger partial charge in [0.05, 0.1) is 5.69 Å². The first kappa shape index (κ1) is 10.5. The number of hydrogen-bond donors (Lipinski definition) is 1. The molecular weight excluding hydrogens is 184 g/mol. The molecule has 0 bridgehead atoms. The van der Waals surface area contributed by atoms with Crippen molar-refractivity contribution in [1.29, 1.82) is 0 Å². The third-order valence-corrected chi connectivity index (χ3v) is 3.21. The predicted molar refractivity (Wildman–Crippen MR) is 64.9 cm³/mol. The zero-order valence-corrected chi connectivity index (χ0v) is 9.66. The van der Waals surface area contributed by atoms with Crippen molar-refractivity contribution in [2.45, 2.75) is 45.6 Å². The van der Waals surface area contributed by atoms with Crippen molar-refractivity contribution in [3.63, 3.8) is 0 Å². The summed E-state index contributed by atoms with van der Waals surface area (Å²) in [6.45, 7) is 4.25. The van der Waals surface area contributed by atoms with Crippen LogP contribution in [0.1, 0.15) is 37.8 Å². The predicted octanol–water partition coefficient (Wildman–Crippen LogP) is 2.65. The third kappa shape index (κ3) is 2.00. The summed E-state index contributed by atoms with van der Waals surface area (Å²) >= 11 is 0. The van der Waals surface area contributed by atoms with Gasteiger partial charge >= 0.3 is 0 Å². The number of nitrogens with zero attached hydrogens (tertiary/aromatic N) is 1. The van der Waals surface area contributed by atoms with Crippen LogP contribution in [0.4, 0.5) is 5.69 Å². The second kappa shape index (κ2) is 4.23. The molecule has 0 aliphatic heterocycles. The zero-order valence-electron chi connectivity index (χ0n) is 9.66. The second-order valence-corrected chi connectivity index (χ2v) is 4.62. The molecular formula is C13H20N2. The Kier molecular flexibility index (Phi) is 2.96. The van der Waals surface area contributed by atoms with E-state index in [1.54, 1.807) is 0 Å². The Labute approximate surface area is 92.1 Å². The van der Waals surface area contributed by atoms with Crippen LogP contribution < -0.4 is 10.9 Å². The van der Waals surface area contributed by atoms with Crippen molar-refractivity contribution < 1.29 is 0 Å². The molecule has 0 atom stereocenters. The largest absolute Gasteiger partial charge is 0.308 e. The first-order valence-corrected chi connectivity index (χ1v) is 5.85. The number of benzene rings is 1. The molecule has 1 aromatic carbocycles.